The maximum atomic E-state index is 12.3. The second kappa shape index (κ2) is 10.1. The fourth-order valence-electron chi connectivity index (χ4n) is 3.03. The Kier molecular flexibility index (Phi) is 6.76. The van der Waals surface area contributed by atoms with Crippen LogP contribution in [0, 0.1) is 0 Å². The number of carbonyl (C=O) groups excluding carboxylic acids is 2. The molecule has 1 amide bonds. The summed E-state index contributed by atoms with van der Waals surface area (Å²) in [7, 11) is 1.58. The monoisotopic (exact) mass is 447 g/mol. The molecule has 2 aromatic carbocycles. The number of Topliss-reactive ketones (excluding diaryl/α,β-unsaturated/α-hetero) is 1. The van der Waals surface area contributed by atoms with Crippen LogP contribution >= 0.6 is 11.8 Å². The maximum Gasteiger partial charge on any atom is 0.251 e. The van der Waals surface area contributed by atoms with Gasteiger partial charge in [0.2, 0.25) is 0 Å². The van der Waals surface area contributed by atoms with E-state index in [0.717, 1.165) is 0 Å². The highest BCUT2D eigenvalue weighted by Crippen LogP contribution is 2.18. The van der Waals surface area contributed by atoms with E-state index in [4.69, 9.17) is 4.74 Å². The van der Waals surface area contributed by atoms with Gasteiger partial charge in [0.05, 0.1) is 12.9 Å². The van der Waals surface area contributed by atoms with Gasteiger partial charge in [0.1, 0.15) is 10.8 Å². The van der Waals surface area contributed by atoms with Crippen LogP contribution < -0.4 is 10.1 Å². The first-order valence-corrected chi connectivity index (χ1v) is 11.0. The van der Waals surface area contributed by atoms with Crippen molar-refractivity contribution in [3.8, 4) is 5.75 Å². The number of nitrogens with zero attached hydrogens (tertiary/aromatic N) is 4. The lowest BCUT2D eigenvalue weighted by atomic mass is 10.2. The fourth-order valence-corrected chi connectivity index (χ4v) is 3.78. The first kappa shape index (κ1) is 21.5. The molecule has 1 N–H and O–H groups in total. The minimum Gasteiger partial charge on any atom is -0.497 e. The van der Waals surface area contributed by atoms with Crippen LogP contribution in [0.3, 0.4) is 0 Å². The van der Waals surface area contributed by atoms with E-state index in [1.807, 2.05) is 30.3 Å². The highest BCUT2D eigenvalue weighted by Gasteiger charge is 2.11. The summed E-state index contributed by atoms with van der Waals surface area (Å²) in [5.41, 5.74) is 1.84. The van der Waals surface area contributed by atoms with E-state index < -0.39 is 0 Å². The van der Waals surface area contributed by atoms with Crippen molar-refractivity contribution in [3.63, 3.8) is 0 Å². The molecule has 0 unspecified atom stereocenters. The number of amides is 1. The molecule has 0 saturated heterocycles. The van der Waals surface area contributed by atoms with Crippen LogP contribution in [-0.4, -0.2) is 50.9 Å². The van der Waals surface area contributed by atoms with E-state index in [9.17, 15) is 9.59 Å². The average Bonchev–Trinajstić information content (AvgIpc) is 3.25. The van der Waals surface area contributed by atoms with E-state index in [-0.39, 0.29) is 17.4 Å². The molecular weight excluding hydrogens is 426 g/mol. The van der Waals surface area contributed by atoms with Crippen molar-refractivity contribution in [1.29, 1.82) is 0 Å². The Morgan fingerprint density at radius 1 is 0.969 bits per heavy atom. The quantitative estimate of drug-likeness (QED) is 0.311. The molecule has 0 fully saturated rings. The third-order valence-electron chi connectivity index (χ3n) is 4.74. The van der Waals surface area contributed by atoms with E-state index in [1.165, 1.54) is 11.8 Å². The Labute approximate surface area is 189 Å². The van der Waals surface area contributed by atoms with Crippen molar-refractivity contribution in [2.75, 3.05) is 19.4 Å². The van der Waals surface area contributed by atoms with Gasteiger partial charge in [0.15, 0.2) is 17.3 Å². The first-order valence-electron chi connectivity index (χ1n) is 9.98. The van der Waals surface area contributed by atoms with Crippen LogP contribution in [0.25, 0.3) is 5.65 Å². The van der Waals surface area contributed by atoms with Crippen LogP contribution in [0.15, 0.2) is 71.8 Å². The van der Waals surface area contributed by atoms with Gasteiger partial charge < -0.3 is 10.1 Å². The zero-order valence-corrected chi connectivity index (χ0v) is 18.2. The van der Waals surface area contributed by atoms with E-state index in [0.29, 0.717) is 46.3 Å². The molecule has 0 aliphatic rings. The predicted molar refractivity (Wildman–Crippen MR) is 121 cm³/mol. The molecule has 162 valence electrons. The van der Waals surface area contributed by atoms with E-state index in [2.05, 4.69) is 20.6 Å². The van der Waals surface area contributed by atoms with Crippen molar-refractivity contribution >= 4 is 29.1 Å². The van der Waals surface area contributed by atoms with Gasteiger partial charge in [-0.05, 0) is 36.4 Å². The highest BCUT2D eigenvalue weighted by molar-refractivity contribution is 7.99. The number of thioether (sulfide) groups is 1. The van der Waals surface area contributed by atoms with Gasteiger partial charge in [0, 0.05) is 24.1 Å². The van der Waals surface area contributed by atoms with Crippen LogP contribution in [0.1, 0.15) is 26.5 Å². The number of nitrogens with one attached hydrogen (secondary N) is 1. The highest BCUT2D eigenvalue weighted by atomic mass is 32.2. The Hall–Kier alpha value is -3.72. The van der Waals surface area contributed by atoms with Crippen LogP contribution in [0.5, 0.6) is 5.75 Å². The summed E-state index contributed by atoms with van der Waals surface area (Å²) in [6.45, 7) is 0.386. The predicted octanol–water partition coefficient (Wildman–Crippen LogP) is 3.08. The van der Waals surface area contributed by atoms with E-state index in [1.54, 1.807) is 48.0 Å². The Bertz CT molecular complexity index is 1230. The summed E-state index contributed by atoms with van der Waals surface area (Å²) >= 11 is 1.36. The van der Waals surface area contributed by atoms with Crippen molar-refractivity contribution in [3.05, 3.63) is 83.7 Å². The molecule has 2 aromatic heterocycles. The molecule has 8 nitrogen and oxygen atoms in total. The topological polar surface area (TPSA) is 98.5 Å². The third kappa shape index (κ3) is 5.12. The molecule has 4 rings (SSSR count). The van der Waals surface area contributed by atoms with Crippen molar-refractivity contribution in [2.45, 2.75) is 11.4 Å². The molecule has 2 heterocycles. The minimum absolute atomic E-state index is 0.0442. The number of carbonyl (C=O) groups is 2. The summed E-state index contributed by atoms with van der Waals surface area (Å²) in [5, 5.41) is 16.4. The molecular formula is C23H21N5O3S. The Morgan fingerprint density at radius 2 is 1.75 bits per heavy atom. The first-order chi connectivity index (χ1) is 15.6. The van der Waals surface area contributed by atoms with Gasteiger partial charge in [-0.1, -0.05) is 42.1 Å². The van der Waals surface area contributed by atoms with Crippen LogP contribution in [0.2, 0.25) is 0 Å². The van der Waals surface area contributed by atoms with Gasteiger partial charge in [-0.2, -0.15) is 9.61 Å². The number of rotatable bonds is 9. The van der Waals surface area contributed by atoms with Gasteiger partial charge in [0.25, 0.3) is 5.91 Å². The number of ketones is 1. The Morgan fingerprint density at radius 3 is 2.50 bits per heavy atom. The molecule has 9 heteroatoms. The molecule has 0 aliphatic heterocycles. The van der Waals surface area contributed by atoms with Gasteiger partial charge in [-0.25, -0.2) is 0 Å². The van der Waals surface area contributed by atoms with Gasteiger partial charge in [-0.15, -0.1) is 10.2 Å². The minimum atomic E-state index is -0.176. The van der Waals surface area contributed by atoms with Crippen molar-refractivity contribution in [2.24, 2.45) is 0 Å². The molecule has 0 spiro atoms. The summed E-state index contributed by atoms with van der Waals surface area (Å²) in [6, 6.07) is 19.7. The summed E-state index contributed by atoms with van der Waals surface area (Å²) in [5.74, 6) is 1.49. The number of ether oxygens (including phenoxy) is 1. The summed E-state index contributed by atoms with van der Waals surface area (Å²) in [6.07, 6.45) is 0.465. The largest absolute Gasteiger partial charge is 0.497 e. The molecule has 0 aliphatic carbocycles. The number of aromatic nitrogens is 4. The number of hydrogen-bond donors (Lipinski definition) is 1. The second-order valence-corrected chi connectivity index (χ2v) is 7.87. The lowest BCUT2D eigenvalue weighted by molar-refractivity contribution is 0.0953. The average molecular weight is 448 g/mol. The number of hydrogen-bond acceptors (Lipinski definition) is 7. The molecule has 0 radical (unpaired) electrons. The smallest absolute Gasteiger partial charge is 0.251 e. The SMILES string of the molecule is COc1ccc(C(=O)NCCc2nnc3ccc(SCC(=O)c4ccccc4)nn23)cc1. The second-order valence-electron chi connectivity index (χ2n) is 6.87. The number of benzene rings is 2. The molecule has 0 saturated carbocycles. The Balaban J connectivity index is 1.36. The normalized spacial score (nSPS) is 10.8. The summed E-state index contributed by atoms with van der Waals surface area (Å²) in [4.78, 5) is 24.6. The van der Waals surface area contributed by atoms with Crippen LogP contribution in [0.4, 0.5) is 0 Å². The standard InChI is InChI=1S/C23H21N5O3S/c1-31-18-9-7-17(8-10-18)23(30)24-14-13-21-26-25-20-11-12-22(27-28(20)21)32-15-19(29)16-5-3-2-4-6-16/h2-12H,13-15H2,1H3,(H,24,30). The van der Waals surface area contributed by atoms with Gasteiger partial charge >= 0.3 is 0 Å². The van der Waals surface area contributed by atoms with Crippen molar-refractivity contribution in [1.82, 2.24) is 25.1 Å². The number of methoxy groups -OCH3 is 1. The molecule has 4 aromatic rings. The maximum absolute atomic E-state index is 12.3. The van der Waals surface area contributed by atoms with Gasteiger partial charge in [-0.3, -0.25) is 9.59 Å². The lowest BCUT2D eigenvalue weighted by Gasteiger charge is -2.06. The zero-order chi connectivity index (χ0) is 22.3. The zero-order valence-electron chi connectivity index (χ0n) is 17.4. The molecule has 0 bridgehead atoms. The fraction of sp³-hybridized carbons (Fsp3) is 0.174. The molecule has 32 heavy (non-hydrogen) atoms. The van der Waals surface area contributed by atoms with Crippen LogP contribution in [-0.2, 0) is 6.42 Å². The summed E-state index contributed by atoms with van der Waals surface area (Å²) < 4.78 is 6.75. The third-order valence-corrected chi connectivity index (χ3v) is 5.66. The van der Waals surface area contributed by atoms with E-state index >= 15 is 0 Å². The molecule has 0 atom stereocenters. The number of fused-ring (bicyclic) bond motifs is 1. The lowest BCUT2D eigenvalue weighted by Crippen LogP contribution is -2.26. The van der Waals surface area contributed by atoms with Crippen molar-refractivity contribution < 1.29 is 14.3 Å².